The predicted molar refractivity (Wildman–Crippen MR) is 88.0 cm³/mol. The van der Waals surface area contributed by atoms with Crippen LogP contribution in [0.4, 0.5) is 4.79 Å². The number of rotatable bonds is 5. The number of carbonyl (C=O) groups excluding carboxylic acids is 2. The van der Waals surface area contributed by atoms with Gasteiger partial charge in [0.25, 0.3) is 0 Å². The molecule has 6 nitrogen and oxygen atoms in total. The van der Waals surface area contributed by atoms with Crippen LogP contribution < -0.4 is 51.4 Å². The molecule has 1 aromatic rings. The average Bonchev–Trinajstić information content (AvgIpc) is 2.95. The Balaban J connectivity index is 0.00000208. The summed E-state index contributed by atoms with van der Waals surface area (Å²) in [7, 11) is 0. The number of hydrogen-bond donors (Lipinski definition) is 0. The molecule has 3 rings (SSSR count). The minimum absolute atomic E-state index is 0. The molecule has 2 unspecified atom stereocenters. The van der Waals surface area contributed by atoms with Gasteiger partial charge in [-0.3, -0.25) is 14.6 Å². The third-order valence-corrected chi connectivity index (χ3v) is 4.19. The molecule has 1 aromatic carbocycles. The van der Waals surface area contributed by atoms with Crippen LogP contribution >= 0.6 is 0 Å². The van der Waals surface area contributed by atoms with Gasteiger partial charge in [-0.05, 0) is 24.4 Å². The number of carbonyl (C=O) groups is 2. The number of benzene rings is 1. The van der Waals surface area contributed by atoms with Crippen molar-refractivity contribution in [1.29, 1.82) is 0 Å². The first-order valence-electron chi connectivity index (χ1n) is 7.95. The molecule has 0 saturated carbocycles. The maximum Gasteiger partial charge on any atom is 1.00 e. The van der Waals surface area contributed by atoms with Crippen molar-refractivity contribution >= 4 is 18.3 Å². The Bertz CT molecular complexity index is 620. The minimum atomic E-state index is -0.497. The molecule has 122 valence electrons. The van der Waals surface area contributed by atoms with Gasteiger partial charge in [-0.1, -0.05) is 44.2 Å². The molecule has 0 N–H and O–H groups in total. The Morgan fingerprint density at radius 3 is 2.58 bits per heavy atom. The first kappa shape index (κ1) is 19.6. The van der Waals surface area contributed by atoms with Gasteiger partial charge in [0.2, 0.25) is 0 Å². The molecule has 0 spiro atoms. The van der Waals surface area contributed by atoms with Crippen molar-refractivity contribution in [3.63, 3.8) is 0 Å². The zero-order valence-corrected chi connectivity index (χ0v) is 17.5. The van der Waals surface area contributed by atoms with Crippen molar-refractivity contribution in [2.24, 2.45) is 10.9 Å². The van der Waals surface area contributed by atoms with E-state index in [0.29, 0.717) is 12.5 Å². The standard InChI is InChI=1S/C17H22N4O2.K/c1-12(2)8-9-20-11-18-15-14(20)16(22)19-17(23)21(15)10-13-6-4-3-5-7-13;/h3-7,11-12,14-15H,8-10H2,1-2H3,(H,19,22,23);/q;+1/p-1. The maximum absolute atomic E-state index is 12.2. The van der Waals surface area contributed by atoms with E-state index in [1.165, 1.54) is 0 Å². The van der Waals surface area contributed by atoms with Gasteiger partial charge in [0.15, 0.2) is 11.9 Å². The second-order valence-corrected chi connectivity index (χ2v) is 6.39. The van der Waals surface area contributed by atoms with Gasteiger partial charge in [0, 0.05) is 6.54 Å². The second-order valence-electron chi connectivity index (χ2n) is 6.39. The fraction of sp³-hybridized carbons (Fsp3) is 0.471. The van der Waals surface area contributed by atoms with E-state index < -0.39 is 18.2 Å². The van der Waals surface area contributed by atoms with Gasteiger partial charge in [0.05, 0.1) is 12.5 Å². The second kappa shape index (κ2) is 8.58. The van der Waals surface area contributed by atoms with Crippen molar-refractivity contribution in [2.75, 3.05) is 6.54 Å². The van der Waals surface area contributed by atoms with Crippen LogP contribution in [0.2, 0.25) is 0 Å². The van der Waals surface area contributed by atoms with E-state index in [2.05, 4.69) is 24.2 Å². The minimum Gasteiger partial charge on any atom is -0.408 e. The van der Waals surface area contributed by atoms with Crippen molar-refractivity contribution < 1.29 is 61.0 Å². The number of fused-ring (bicyclic) bond motifs is 1. The molecule has 0 aliphatic carbocycles. The van der Waals surface area contributed by atoms with E-state index >= 15 is 0 Å². The van der Waals surface area contributed by atoms with Crippen molar-refractivity contribution in [2.45, 2.75) is 39.0 Å². The first-order valence-corrected chi connectivity index (χ1v) is 7.95. The number of hydrogen-bond acceptors (Lipinski definition) is 4. The Hall–Kier alpha value is -0.734. The summed E-state index contributed by atoms with van der Waals surface area (Å²) in [5, 5.41) is 3.71. The molecule has 0 aromatic heterocycles. The van der Waals surface area contributed by atoms with Crippen LogP contribution in [-0.2, 0) is 11.3 Å². The number of nitrogens with zero attached hydrogens (tertiary/aromatic N) is 4. The SMILES string of the molecule is CC(C)CCN1C=NC2C1C(=O)[N-]C(=O)N2Cc1ccccc1.[K+]. The van der Waals surface area contributed by atoms with Gasteiger partial charge in [-0.2, -0.15) is 0 Å². The summed E-state index contributed by atoms with van der Waals surface area (Å²) in [4.78, 5) is 32.3. The third kappa shape index (κ3) is 4.26. The van der Waals surface area contributed by atoms with Crippen LogP contribution in [0.1, 0.15) is 25.8 Å². The Morgan fingerprint density at radius 2 is 1.92 bits per heavy atom. The molecule has 2 aliphatic heterocycles. The van der Waals surface area contributed by atoms with E-state index in [4.69, 9.17) is 0 Å². The summed E-state index contributed by atoms with van der Waals surface area (Å²) in [6.07, 6.45) is 2.19. The maximum atomic E-state index is 12.2. The molecule has 24 heavy (non-hydrogen) atoms. The van der Waals surface area contributed by atoms with E-state index in [1.54, 1.807) is 11.2 Å². The Kier molecular flexibility index (Phi) is 7.00. The zero-order chi connectivity index (χ0) is 16.4. The van der Waals surface area contributed by atoms with Crippen molar-refractivity contribution in [3.8, 4) is 0 Å². The summed E-state index contributed by atoms with van der Waals surface area (Å²) in [5.74, 6) is 0.158. The molecule has 7 heteroatoms. The normalized spacial score (nSPS) is 22.5. The monoisotopic (exact) mass is 352 g/mol. The van der Waals surface area contributed by atoms with Crippen molar-refractivity contribution in [3.05, 3.63) is 41.2 Å². The van der Waals surface area contributed by atoms with Crippen molar-refractivity contribution in [1.82, 2.24) is 9.80 Å². The quantitative estimate of drug-likeness (QED) is 0.678. The molecule has 1 fully saturated rings. The fourth-order valence-corrected chi connectivity index (χ4v) is 2.88. The van der Waals surface area contributed by atoms with E-state index in [1.807, 2.05) is 35.2 Å². The molecule has 0 bridgehead atoms. The number of imide groups is 1. The number of aliphatic imine (C=N–C) groups is 1. The molecular weight excluding hydrogens is 331 g/mol. The van der Waals surface area contributed by atoms with Crippen LogP contribution in [0.25, 0.3) is 5.32 Å². The van der Waals surface area contributed by atoms with Gasteiger partial charge in [-0.25, -0.2) is 0 Å². The van der Waals surface area contributed by atoms with Crippen LogP contribution in [0, 0.1) is 5.92 Å². The molecule has 1 saturated heterocycles. The summed E-state index contributed by atoms with van der Waals surface area (Å²) in [5.41, 5.74) is 1.000. The molecule has 2 atom stereocenters. The van der Waals surface area contributed by atoms with Gasteiger partial charge >= 0.3 is 51.4 Å². The summed E-state index contributed by atoms with van der Waals surface area (Å²) in [6.45, 7) is 5.44. The summed E-state index contributed by atoms with van der Waals surface area (Å²) < 4.78 is 0. The van der Waals surface area contributed by atoms with Crippen LogP contribution in [0.5, 0.6) is 0 Å². The van der Waals surface area contributed by atoms with Gasteiger partial charge in [0.1, 0.15) is 6.04 Å². The molecule has 2 aliphatic rings. The smallest absolute Gasteiger partial charge is 0.408 e. The molecule has 0 radical (unpaired) electrons. The Morgan fingerprint density at radius 1 is 1.21 bits per heavy atom. The summed E-state index contributed by atoms with van der Waals surface area (Å²) >= 11 is 0. The molecule has 3 amide bonds. The van der Waals surface area contributed by atoms with E-state index in [-0.39, 0.29) is 57.3 Å². The van der Waals surface area contributed by atoms with E-state index in [9.17, 15) is 9.59 Å². The molecule has 2 heterocycles. The predicted octanol–water partition coefficient (Wildman–Crippen LogP) is -0.389. The van der Waals surface area contributed by atoms with E-state index in [0.717, 1.165) is 18.5 Å². The molecular formula is C17H21KN4O2. The topological polar surface area (TPSA) is 67.1 Å². The van der Waals surface area contributed by atoms with Crippen LogP contribution in [0.3, 0.4) is 0 Å². The third-order valence-electron chi connectivity index (χ3n) is 4.19. The largest absolute Gasteiger partial charge is 1.00 e. The van der Waals surface area contributed by atoms with Crippen LogP contribution in [0.15, 0.2) is 35.3 Å². The fourth-order valence-electron chi connectivity index (χ4n) is 2.88. The average molecular weight is 352 g/mol. The number of urea groups is 1. The zero-order valence-electron chi connectivity index (χ0n) is 14.4. The van der Waals surface area contributed by atoms with Gasteiger partial charge < -0.3 is 15.1 Å². The summed E-state index contributed by atoms with van der Waals surface area (Å²) in [6, 6.07) is 8.71. The first-order chi connectivity index (χ1) is 11.1. The Labute approximate surface area is 185 Å². The number of amides is 3. The van der Waals surface area contributed by atoms with Crippen LogP contribution in [-0.4, -0.2) is 46.8 Å². The van der Waals surface area contributed by atoms with Gasteiger partial charge in [-0.15, -0.1) is 0 Å².